The molecule has 0 spiro atoms. The zero-order chi connectivity index (χ0) is 11.7. The summed E-state index contributed by atoms with van der Waals surface area (Å²) in [4.78, 5) is 2.68. The smallest absolute Gasteiger partial charge is 0.0606 e. The Balaban J connectivity index is 1.64. The summed E-state index contributed by atoms with van der Waals surface area (Å²) in [6.07, 6.45) is 4.63. The maximum absolute atomic E-state index is 3.69. The Labute approximate surface area is 104 Å². The molecular weight excluding hydrogens is 208 g/mol. The van der Waals surface area contributed by atoms with E-state index in [1.54, 1.807) is 0 Å². The number of nitrogens with one attached hydrogen (secondary N) is 1. The highest BCUT2D eigenvalue weighted by Crippen LogP contribution is 2.29. The van der Waals surface area contributed by atoms with Crippen LogP contribution in [0.4, 0.5) is 0 Å². The van der Waals surface area contributed by atoms with Crippen molar-refractivity contribution in [2.45, 2.75) is 44.3 Å². The van der Waals surface area contributed by atoms with E-state index in [0.717, 1.165) is 6.04 Å². The Bertz CT molecular complexity index is 362. The van der Waals surface area contributed by atoms with E-state index in [9.17, 15) is 0 Å². The average molecular weight is 230 g/mol. The van der Waals surface area contributed by atoms with E-state index >= 15 is 0 Å². The van der Waals surface area contributed by atoms with Crippen molar-refractivity contribution in [3.8, 4) is 0 Å². The molecular formula is C15H22N2. The molecule has 3 rings (SSSR count). The third-order valence-electron chi connectivity index (χ3n) is 4.36. The molecule has 2 aliphatic rings. The van der Waals surface area contributed by atoms with Crippen LogP contribution in [-0.2, 0) is 0 Å². The number of hydrogen-bond acceptors (Lipinski definition) is 2. The molecule has 0 saturated carbocycles. The largest absolute Gasteiger partial charge is 0.300 e. The van der Waals surface area contributed by atoms with Gasteiger partial charge in [-0.15, -0.1) is 0 Å². The minimum atomic E-state index is 0.609. The first-order valence-corrected chi connectivity index (χ1v) is 6.88. The van der Waals surface area contributed by atoms with Crippen molar-refractivity contribution < 1.29 is 0 Å². The Morgan fingerprint density at radius 3 is 3.00 bits per heavy atom. The van der Waals surface area contributed by atoms with Crippen LogP contribution in [0.5, 0.6) is 0 Å². The van der Waals surface area contributed by atoms with Gasteiger partial charge < -0.3 is 5.32 Å². The summed E-state index contributed by atoms with van der Waals surface area (Å²) >= 11 is 0. The quantitative estimate of drug-likeness (QED) is 0.858. The molecule has 92 valence electrons. The number of fused-ring (bicyclic) bond motifs is 1. The molecule has 2 aliphatic heterocycles. The second kappa shape index (κ2) is 4.79. The molecule has 2 heteroatoms. The van der Waals surface area contributed by atoms with Crippen molar-refractivity contribution in [2.24, 2.45) is 0 Å². The summed E-state index contributed by atoms with van der Waals surface area (Å²) in [5, 5.41) is 3.69. The SMILES string of the molecule is CC(CC1NC[C@@H]2CCCN12)c1ccccc1. The maximum atomic E-state index is 3.69. The van der Waals surface area contributed by atoms with Gasteiger partial charge in [0, 0.05) is 19.1 Å². The van der Waals surface area contributed by atoms with Gasteiger partial charge in [-0.3, -0.25) is 4.90 Å². The third-order valence-corrected chi connectivity index (χ3v) is 4.36. The number of nitrogens with zero attached hydrogens (tertiary/aromatic N) is 1. The van der Waals surface area contributed by atoms with E-state index < -0.39 is 0 Å². The zero-order valence-corrected chi connectivity index (χ0v) is 10.6. The minimum absolute atomic E-state index is 0.609. The van der Waals surface area contributed by atoms with E-state index in [-0.39, 0.29) is 0 Å². The Morgan fingerprint density at radius 2 is 2.18 bits per heavy atom. The Morgan fingerprint density at radius 1 is 1.35 bits per heavy atom. The van der Waals surface area contributed by atoms with Gasteiger partial charge in [0.15, 0.2) is 0 Å². The fraction of sp³-hybridized carbons (Fsp3) is 0.600. The van der Waals surface area contributed by atoms with E-state index in [1.165, 1.54) is 37.9 Å². The van der Waals surface area contributed by atoms with E-state index in [4.69, 9.17) is 0 Å². The molecule has 2 fully saturated rings. The molecule has 2 saturated heterocycles. The molecule has 0 aliphatic carbocycles. The predicted molar refractivity (Wildman–Crippen MR) is 71.0 cm³/mol. The fourth-order valence-electron chi connectivity index (χ4n) is 3.35. The van der Waals surface area contributed by atoms with Crippen LogP contribution >= 0.6 is 0 Å². The maximum Gasteiger partial charge on any atom is 0.0606 e. The lowest BCUT2D eigenvalue weighted by molar-refractivity contribution is 0.218. The Hall–Kier alpha value is -0.860. The second-order valence-corrected chi connectivity index (χ2v) is 5.51. The molecule has 1 aromatic rings. The van der Waals surface area contributed by atoms with Gasteiger partial charge in [0.25, 0.3) is 0 Å². The highest BCUT2D eigenvalue weighted by Gasteiger charge is 2.36. The second-order valence-electron chi connectivity index (χ2n) is 5.51. The van der Waals surface area contributed by atoms with E-state index in [0.29, 0.717) is 12.1 Å². The fourth-order valence-corrected chi connectivity index (χ4v) is 3.35. The van der Waals surface area contributed by atoms with Crippen molar-refractivity contribution in [1.29, 1.82) is 0 Å². The van der Waals surface area contributed by atoms with E-state index in [1.807, 2.05) is 0 Å². The summed E-state index contributed by atoms with van der Waals surface area (Å²) in [5.41, 5.74) is 1.47. The molecule has 0 bridgehead atoms. The number of rotatable bonds is 3. The third kappa shape index (κ3) is 2.24. The highest BCUT2D eigenvalue weighted by atomic mass is 15.4. The molecule has 2 nitrogen and oxygen atoms in total. The van der Waals surface area contributed by atoms with Gasteiger partial charge in [-0.25, -0.2) is 0 Å². The molecule has 0 aromatic heterocycles. The van der Waals surface area contributed by atoms with Crippen molar-refractivity contribution in [3.63, 3.8) is 0 Å². The summed E-state index contributed by atoms with van der Waals surface area (Å²) in [7, 11) is 0. The van der Waals surface area contributed by atoms with Crippen LogP contribution in [0.3, 0.4) is 0 Å². The standard InChI is InChI=1S/C15H22N2/c1-12(13-6-3-2-4-7-13)10-15-16-11-14-8-5-9-17(14)15/h2-4,6-7,12,14-16H,5,8-11H2,1H3/t12?,14-,15?/m0/s1. The Kier molecular flexibility index (Phi) is 3.17. The summed E-state index contributed by atoms with van der Waals surface area (Å²) in [5.74, 6) is 0.646. The van der Waals surface area contributed by atoms with Gasteiger partial charge in [0.05, 0.1) is 6.17 Å². The van der Waals surface area contributed by atoms with Gasteiger partial charge in [-0.2, -0.15) is 0 Å². The summed E-state index contributed by atoms with van der Waals surface area (Å²) in [6, 6.07) is 11.7. The van der Waals surface area contributed by atoms with Crippen LogP contribution < -0.4 is 5.32 Å². The normalized spacial score (nSPS) is 30.4. The van der Waals surface area contributed by atoms with Crippen LogP contribution in [0.2, 0.25) is 0 Å². The van der Waals surface area contributed by atoms with Gasteiger partial charge in [0.1, 0.15) is 0 Å². The molecule has 2 unspecified atom stereocenters. The first-order valence-electron chi connectivity index (χ1n) is 6.88. The molecule has 3 atom stereocenters. The van der Waals surface area contributed by atoms with Crippen molar-refractivity contribution in [1.82, 2.24) is 10.2 Å². The first kappa shape index (κ1) is 11.2. The number of benzene rings is 1. The molecule has 0 radical (unpaired) electrons. The van der Waals surface area contributed by atoms with Crippen LogP contribution in [0.25, 0.3) is 0 Å². The monoisotopic (exact) mass is 230 g/mol. The van der Waals surface area contributed by atoms with Crippen molar-refractivity contribution in [2.75, 3.05) is 13.1 Å². The van der Waals surface area contributed by atoms with Crippen LogP contribution in [0.15, 0.2) is 30.3 Å². The lowest BCUT2D eigenvalue weighted by atomic mass is 9.96. The van der Waals surface area contributed by atoms with Gasteiger partial charge >= 0.3 is 0 Å². The molecule has 1 N–H and O–H groups in total. The van der Waals surface area contributed by atoms with Crippen molar-refractivity contribution >= 4 is 0 Å². The van der Waals surface area contributed by atoms with Crippen LogP contribution in [0, 0.1) is 0 Å². The predicted octanol–water partition coefficient (Wildman–Crippen LogP) is 2.57. The molecule has 17 heavy (non-hydrogen) atoms. The minimum Gasteiger partial charge on any atom is -0.300 e. The van der Waals surface area contributed by atoms with E-state index in [2.05, 4.69) is 47.5 Å². The molecule has 1 aromatic carbocycles. The van der Waals surface area contributed by atoms with Crippen LogP contribution in [0.1, 0.15) is 37.7 Å². The molecule has 0 amide bonds. The van der Waals surface area contributed by atoms with Crippen LogP contribution in [-0.4, -0.2) is 30.2 Å². The number of hydrogen-bond donors (Lipinski definition) is 1. The van der Waals surface area contributed by atoms with Gasteiger partial charge in [-0.05, 0) is 30.7 Å². The topological polar surface area (TPSA) is 15.3 Å². The zero-order valence-electron chi connectivity index (χ0n) is 10.6. The van der Waals surface area contributed by atoms with Gasteiger partial charge in [-0.1, -0.05) is 37.3 Å². The lowest BCUT2D eigenvalue weighted by Gasteiger charge is -2.25. The summed E-state index contributed by atoms with van der Waals surface area (Å²) in [6.45, 7) is 4.84. The highest BCUT2D eigenvalue weighted by molar-refractivity contribution is 5.19. The first-order chi connectivity index (χ1) is 8.34. The average Bonchev–Trinajstić information content (AvgIpc) is 2.95. The van der Waals surface area contributed by atoms with Crippen molar-refractivity contribution in [3.05, 3.63) is 35.9 Å². The molecule has 2 heterocycles. The summed E-state index contributed by atoms with van der Waals surface area (Å²) < 4.78 is 0. The lowest BCUT2D eigenvalue weighted by Crippen LogP contribution is -2.37. The van der Waals surface area contributed by atoms with Gasteiger partial charge in [0.2, 0.25) is 0 Å².